The lowest BCUT2D eigenvalue weighted by Gasteiger charge is -2.15. The number of carbonyl (C=O) groups is 1. The highest BCUT2D eigenvalue weighted by Crippen LogP contribution is 2.06. The number of rotatable bonds is 7. The lowest BCUT2D eigenvalue weighted by molar-refractivity contribution is 0.0613. The fourth-order valence-electron chi connectivity index (χ4n) is 1.28. The Labute approximate surface area is 100 Å². The Morgan fingerprint density at radius 1 is 1.65 bits per heavy atom. The summed E-state index contributed by atoms with van der Waals surface area (Å²) < 4.78 is 10.3. The maximum absolute atomic E-state index is 10.6. The van der Waals surface area contributed by atoms with Crippen molar-refractivity contribution in [3.05, 3.63) is 17.5 Å². The van der Waals surface area contributed by atoms with E-state index in [0.717, 1.165) is 6.54 Å². The molecule has 1 aromatic heterocycles. The van der Waals surface area contributed by atoms with Crippen LogP contribution in [0.1, 0.15) is 30.1 Å². The van der Waals surface area contributed by atoms with Crippen molar-refractivity contribution in [3.63, 3.8) is 0 Å². The molecular formula is C11H18N2O4. The second-order valence-electron chi connectivity index (χ2n) is 4.14. The molecule has 96 valence electrons. The first-order valence-electron chi connectivity index (χ1n) is 5.48. The summed E-state index contributed by atoms with van der Waals surface area (Å²) in [6, 6.07) is 1.43. The Balaban J connectivity index is 2.34. The van der Waals surface area contributed by atoms with Crippen LogP contribution in [0.3, 0.4) is 0 Å². The summed E-state index contributed by atoms with van der Waals surface area (Å²) in [5.41, 5.74) is -0.0631. The van der Waals surface area contributed by atoms with E-state index in [4.69, 9.17) is 14.4 Å². The second-order valence-corrected chi connectivity index (χ2v) is 4.14. The number of carboxylic acids is 1. The molecule has 0 bridgehead atoms. The predicted octanol–water partition coefficient (Wildman–Crippen LogP) is 1.23. The van der Waals surface area contributed by atoms with Gasteiger partial charge in [-0.15, -0.1) is 0 Å². The van der Waals surface area contributed by atoms with Gasteiger partial charge in [0.05, 0.1) is 19.3 Å². The molecule has 0 spiro atoms. The van der Waals surface area contributed by atoms with Crippen LogP contribution >= 0.6 is 0 Å². The average Bonchev–Trinajstić information content (AvgIpc) is 2.65. The van der Waals surface area contributed by atoms with Gasteiger partial charge in [0.1, 0.15) is 0 Å². The molecule has 0 unspecified atom stereocenters. The van der Waals surface area contributed by atoms with Crippen LogP contribution in [0.25, 0.3) is 0 Å². The smallest absolute Gasteiger partial charge is 0.358 e. The molecule has 1 aromatic rings. The van der Waals surface area contributed by atoms with Crippen LogP contribution in [0.4, 0.5) is 0 Å². The zero-order chi connectivity index (χ0) is 12.8. The summed E-state index contributed by atoms with van der Waals surface area (Å²) in [6.07, 6.45) is 0.215. The maximum atomic E-state index is 10.6. The van der Waals surface area contributed by atoms with E-state index >= 15 is 0 Å². The monoisotopic (exact) mass is 242 g/mol. The second kappa shape index (κ2) is 6.36. The highest BCUT2D eigenvalue weighted by atomic mass is 16.5. The van der Waals surface area contributed by atoms with E-state index in [-0.39, 0.29) is 11.8 Å². The highest BCUT2D eigenvalue weighted by Gasteiger charge is 2.12. The number of hydrogen-bond acceptors (Lipinski definition) is 5. The van der Waals surface area contributed by atoms with Crippen molar-refractivity contribution in [2.24, 2.45) is 0 Å². The van der Waals surface area contributed by atoms with Gasteiger partial charge in [0.2, 0.25) is 0 Å². The molecule has 0 aliphatic rings. The van der Waals surface area contributed by atoms with Gasteiger partial charge in [-0.25, -0.2) is 4.79 Å². The van der Waals surface area contributed by atoms with Crippen molar-refractivity contribution in [1.82, 2.24) is 10.1 Å². The van der Waals surface area contributed by atoms with Crippen molar-refractivity contribution in [2.45, 2.75) is 26.5 Å². The summed E-state index contributed by atoms with van der Waals surface area (Å²) in [5, 5.41) is 12.1. The molecule has 0 saturated heterocycles. The number of hydrogen-bond donors (Lipinski definition) is 1. The van der Waals surface area contributed by atoms with Gasteiger partial charge in [-0.2, -0.15) is 0 Å². The Hall–Kier alpha value is -1.40. The summed E-state index contributed by atoms with van der Waals surface area (Å²) in [4.78, 5) is 12.6. The number of carboxylic acid groups (broad SMARTS) is 1. The maximum Gasteiger partial charge on any atom is 0.358 e. The topological polar surface area (TPSA) is 75.8 Å². The summed E-state index contributed by atoms with van der Waals surface area (Å²) in [5.74, 6) is -0.541. The molecule has 0 atom stereocenters. The molecule has 0 fully saturated rings. The lowest BCUT2D eigenvalue weighted by Crippen LogP contribution is -2.23. The highest BCUT2D eigenvalue weighted by molar-refractivity contribution is 5.85. The standard InChI is InChI=1S/C11H18N2O4/c1-8(2)16-5-4-13(3)7-9-6-10(11(14)15)12-17-9/h6,8H,4-5,7H2,1-3H3,(H,14,15). The number of ether oxygens (including phenoxy) is 1. The molecule has 0 aromatic carbocycles. The van der Waals surface area contributed by atoms with Crippen LogP contribution in [0.15, 0.2) is 10.6 Å². The van der Waals surface area contributed by atoms with Gasteiger partial charge in [-0.3, -0.25) is 4.90 Å². The van der Waals surface area contributed by atoms with Gasteiger partial charge in [-0.05, 0) is 20.9 Å². The number of aromatic carboxylic acids is 1. The lowest BCUT2D eigenvalue weighted by atomic mass is 10.3. The third-order valence-electron chi connectivity index (χ3n) is 2.13. The largest absolute Gasteiger partial charge is 0.476 e. The molecule has 1 rings (SSSR count). The number of aromatic nitrogens is 1. The van der Waals surface area contributed by atoms with Crippen molar-refractivity contribution >= 4 is 5.97 Å². The third kappa shape index (κ3) is 4.97. The van der Waals surface area contributed by atoms with E-state index in [9.17, 15) is 4.79 Å². The van der Waals surface area contributed by atoms with Gasteiger partial charge < -0.3 is 14.4 Å². The predicted molar refractivity (Wildman–Crippen MR) is 60.9 cm³/mol. The zero-order valence-electron chi connectivity index (χ0n) is 10.3. The summed E-state index contributed by atoms with van der Waals surface area (Å²) >= 11 is 0. The van der Waals surface area contributed by atoms with Crippen LogP contribution in [-0.4, -0.2) is 47.4 Å². The molecule has 0 aliphatic heterocycles. The Morgan fingerprint density at radius 3 is 2.88 bits per heavy atom. The van der Waals surface area contributed by atoms with E-state index in [2.05, 4.69) is 5.16 Å². The normalized spacial score (nSPS) is 11.4. The molecule has 0 radical (unpaired) electrons. The minimum Gasteiger partial charge on any atom is -0.476 e. The first-order valence-corrected chi connectivity index (χ1v) is 5.48. The van der Waals surface area contributed by atoms with E-state index in [0.29, 0.717) is 18.9 Å². The van der Waals surface area contributed by atoms with E-state index in [1.807, 2.05) is 25.8 Å². The molecule has 0 amide bonds. The minimum absolute atomic E-state index is 0.0631. The van der Waals surface area contributed by atoms with Gasteiger partial charge in [0.15, 0.2) is 11.5 Å². The first-order chi connectivity index (χ1) is 7.99. The third-order valence-corrected chi connectivity index (χ3v) is 2.13. The van der Waals surface area contributed by atoms with E-state index in [1.54, 1.807) is 0 Å². The summed E-state index contributed by atoms with van der Waals surface area (Å²) in [7, 11) is 1.91. The molecule has 1 heterocycles. The molecule has 0 saturated carbocycles. The summed E-state index contributed by atoms with van der Waals surface area (Å²) in [6.45, 7) is 5.86. The molecule has 17 heavy (non-hydrogen) atoms. The van der Waals surface area contributed by atoms with Crippen LogP contribution in [0.5, 0.6) is 0 Å². The van der Waals surface area contributed by atoms with E-state index < -0.39 is 5.97 Å². The number of likely N-dealkylation sites (N-methyl/N-ethyl adjacent to an activating group) is 1. The van der Waals surface area contributed by atoms with Gasteiger partial charge >= 0.3 is 5.97 Å². The van der Waals surface area contributed by atoms with Gasteiger partial charge in [-0.1, -0.05) is 5.16 Å². The van der Waals surface area contributed by atoms with Crippen LogP contribution in [0.2, 0.25) is 0 Å². The quantitative estimate of drug-likeness (QED) is 0.775. The fraction of sp³-hybridized carbons (Fsp3) is 0.636. The Kier molecular flexibility index (Phi) is 5.11. The first kappa shape index (κ1) is 13.7. The van der Waals surface area contributed by atoms with Crippen molar-refractivity contribution in [1.29, 1.82) is 0 Å². The number of nitrogens with zero attached hydrogens (tertiary/aromatic N) is 2. The molecular weight excluding hydrogens is 224 g/mol. The van der Waals surface area contributed by atoms with Gasteiger partial charge in [0.25, 0.3) is 0 Å². The fourth-order valence-corrected chi connectivity index (χ4v) is 1.28. The van der Waals surface area contributed by atoms with Gasteiger partial charge in [0, 0.05) is 12.6 Å². The zero-order valence-corrected chi connectivity index (χ0v) is 10.3. The van der Waals surface area contributed by atoms with Crippen LogP contribution < -0.4 is 0 Å². The van der Waals surface area contributed by atoms with Crippen molar-refractivity contribution in [2.75, 3.05) is 20.2 Å². The minimum atomic E-state index is -1.08. The van der Waals surface area contributed by atoms with Crippen LogP contribution in [0, 0.1) is 0 Å². The van der Waals surface area contributed by atoms with Crippen molar-refractivity contribution < 1.29 is 19.2 Å². The van der Waals surface area contributed by atoms with E-state index in [1.165, 1.54) is 6.07 Å². The Bertz CT molecular complexity index is 362. The average molecular weight is 242 g/mol. The van der Waals surface area contributed by atoms with Crippen molar-refractivity contribution in [3.8, 4) is 0 Å². The molecule has 0 aliphatic carbocycles. The SMILES string of the molecule is CC(C)OCCN(C)Cc1cc(C(=O)O)no1. The Morgan fingerprint density at radius 2 is 2.35 bits per heavy atom. The molecule has 1 N–H and O–H groups in total. The molecule has 6 heteroatoms. The van der Waals surface area contributed by atoms with Crippen LogP contribution in [-0.2, 0) is 11.3 Å². The molecule has 6 nitrogen and oxygen atoms in total.